The largest absolute Gasteiger partial charge is 0.452 e. The summed E-state index contributed by atoms with van der Waals surface area (Å²) in [6, 6.07) is 6.91. The number of nitrogens with two attached hydrogens (primary N) is 1. The summed E-state index contributed by atoms with van der Waals surface area (Å²) in [5, 5.41) is 17.8. The van der Waals surface area contributed by atoms with Crippen molar-refractivity contribution in [3.8, 4) is 5.95 Å². The van der Waals surface area contributed by atoms with E-state index in [0.717, 1.165) is 17.5 Å². The van der Waals surface area contributed by atoms with Gasteiger partial charge in [-0.25, -0.2) is 14.8 Å². The van der Waals surface area contributed by atoms with Gasteiger partial charge in [-0.1, -0.05) is 0 Å². The van der Waals surface area contributed by atoms with Crippen LogP contribution in [0.15, 0.2) is 30.3 Å². The van der Waals surface area contributed by atoms with Crippen LogP contribution in [0.1, 0.15) is 27.4 Å². The second-order valence-electron chi connectivity index (χ2n) is 6.69. The van der Waals surface area contributed by atoms with Crippen LogP contribution < -0.4 is 11.1 Å². The minimum atomic E-state index is -0.902. The van der Waals surface area contributed by atoms with Crippen LogP contribution in [0.5, 0.6) is 0 Å². The van der Waals surface area contributed by atoms with Gasteiger partial charge in [-0.3, -0.25) is 14.9 Å². The zero-order valence-corrected chi connectivity index (χ0v) is 16.9. The molecule has 12 nitrogen and oxygen atoms in total. The first-order valence-electron chi connectivity index (χ1n) is 9.04. The molecule has 3 N–H and O–H groups in total. The number of anilines is 2. The number of nitrogens with zero attached hydrogens (tertiary/aromatic N) is 5. The Labute approximate surface area is 176 Å². The number of nitrogens with one attached hydrogen (secondary N) is 1. The van der Waals surface area contributed by atoms with Crippen molar-refractivity contribution < 1.29 is 19.2 Å². The Morgan fingerprint density at radius 3 is 2.45 bits per heavy atom. The number of aryl methyl sites for hydroxylation is 3. The van der Waals surface area contributed by atoms with E-state index in [0.29, 0.717) is 11.5 Å². The molecule has 3 rings (SSSR count). The van der Waals surface area contributed by atoms with Crippen LogP contribution in [0.2, 0.25) is 0 Å². The van der Waals surface area contributed by atoms with Crippen molar-refractivity contribution in [1.29, 1.82) is 0 Å². The predicted octanol–water partition coefficient (Wildman–Crippen LogP) is 1.87. The Kier molecular flexibility index (Phi) is 5.90. The number of carbonyl (C=O) groups is 2. The van der Waals surface area contributed by atoms with Crippen molar-refractivity contribution in [2.75, 3.05) is 17.7 Å². The molecule has 0 aliphatic heterocycles. The van der Waals surface area contributed by atoms with Gasteiger partial charge in [0.2, 0.25) is 0 Å². The molecule has 1 aromatic carbocycles. The Morgan fingerprint density at radius 1 is 1.13 bits per heavy atom. The Bertz CT molecular complexity index is 1170. The maximum atomic E-state index is 12.3. The molecule has 0 atom stereocenters. The molecule has 0 aliphatic carbocycles. The van der Waals surface area contributed by atoms with Crippen molar-refractivity contribution in [2.45, 2.75) is 20.8 Å². The van der Waals surface area contributed by atoms with Crippen LogP contribution in [0, 0.1) is 30.9 Å². The standard InChI is InChI=1S/C19H19N7O5/c1-10-6-11(2)22-19(21-10)25-16(7-12(3)24-25)23-17(27)9-31-18(28)13-4-5-14(20)15(8-13)26(29)30/h4-8H,9,20H2,1-3H3,(H,23,27). The molecule has 160 valence electrons. The van der Waals surface area contributed by atoms with Crippen molar-refractivity contribution in [3.05, 3.63) is 63.1 Å². The number of amides is 1. The molecule has 2 heterocycles. The fourth-order valence-electron chi connectivity index (χ4n) is 2.77. The van der Waals surface area contributed by atoms with Crippen LogP contribution in [0.3, 0.4) is 0 Å². The molecule has 0 aliphatic rings. The smallest absolute Gasteiger partial charge is 0.338 e. The zero-order chi connectivity index (χ0) is 22.7. The molecule has 0 radical (unpaired) electrons. The van der Waals surface area contributed by atoms with Crippen LogP contribution in [0.25, 0.3) is 5.95 Å². The second-order valence-corrected chi connectivity index (χ2v) is 6.69. The van der Waals surface area contributed by atoms with Crippen molar-refractivity contribution >= 4 is 29.1 Å². The highest BCUT2D eigenvalue weighted by Gasteiger charge is 2.19. The summed E-state index contributed by atoms with van der Waals surface area (Å²) in [5.41, 5.74) is 6.98. The molecule has 0 saturated heterocycles. The predicted molar refractivity (Wildman–Crippen MR) is 110 cm³/mol. The fourth-order valence-corrected chi connectivity index (χ4v) is 2.77. The van der Waals surface area contributed by atoms with E-state index in [2.05, 4.69) is 20.4 Å². The number of benzene rings is 1. The Hall–Kier alpha value is -4.35. The first kappa shape index (κ1) is 21.4. The van der Waals surface area contributed by atoms with E-state index in [1.54, 1.807) is 19.1 Å². The molecule has 0 unspecified atom stereocenters. The zero-order valence-electron chi connectivity index (χ0n) is 16.9. The van der Waals surface area contributed by atoms with Gasteiger partial charge in [0, 0.05) is 23.5 Å². The van der Waals surface area contributed by atoms with Crippen LogP contribution >= 0.6 is 0 Å². The summed E-state index contributed by atoms with van der Waals surface area (Å²) in [5.74, 6) is -0.955. The number of nitro groups is 1. The van der Waals surface area contributed by atoms with E-state index in [9.17, 15) is 19.7 Å². The van der Waals surface area contributed by atoms with Gasteiger partial charge < -0.3 is 15.8 Å². The van der Waals surface area contributed by atoms with Crippen LogP contribution in [-0.4, -0.2) is 43.2 Å². The van der Waals surface area contributed by atoms with Gasteiger partial charge in [-0.2, -0.15) is 9.78 Å². The SMILES string of the molecule is Cc1cc(C)nc(-n2nc(C)cc2NC(=O)COC(=O)c2ccc(N)c([N+](=O)[O-])c2)n1. The van der Waals surface area contributed by atoms with Gasteiger partial charge in [0.25, 0.3) is 17.5 Å². The summed E-state index contributed by atoms with van der Waals surface area (Å²) < 4.78 is 6.33. The van der Waals surface area contributed by atoms with Crippen LogP contribution in [-0.2, 0) is 9.53 Å². The summed E-state index contributed by atoms with van der Waals surface area (Å²) in [6.45, 7) is 4.75. The third kappa shape index (κ3) is 4.98. The highest BCUT2D eigenvalue weighted by atomic mass is 16.6. The number of esters is 1. The van der Waals surface area contributed by atoms with Gasteiger partial charge >= 0.3 is 5.97 Å². The Balaban J connectivity index is 1.70. The molecule has 31 heavy (non-hydrogen) atoms. The first-order valence-corrected chi connectivity index (χ1v) is 9.04. The number of aromatic nitrogens is 4. The highest BCUT2D eigenvalue weighted by molar-refractivity contribution is 5.95. The van der Waals surface area contributed by atoms with E-state index in [1.165, 1.54) is 16.8 Å². The number of carbonyl (C=O) groups excluding carboxylic acids is 2. The van der Waals surface area contributed by atoms with Gasteiger partial charge in [0.15, 0.2) is 6.61 Å². The lowest BCUT2D eigenvalue weighted by Gasteiger charge is -2.09. The third-order valence-corrected chi connectivity index (χ3v) is 4.06. The topological polar surface area (TPSA) is 168 Å². The quantitative estimate of drug-likeness (QED) is 0.259. The number of hydrogen-bond acceptors (Lipinski definition) is 9. The molecule has 0 bridgehead atoms. The van der Waals surface area contributed by atoms with Crippen molar-refractivity contribution in [2.24, 2.45) is 0 Å². The minimum Gasteiger partial charge on any atom is -0.452 e. The van der Waals surface area contributed by atoms with Crippen molar-refractivity contribution in [3.63, 3.8) is 0 Å². The second kappa shape index (κ2) is 8.57. The fraction of sp³-hybridized carbons (Fsp3) is 0.211. The van der Waals surface area contributed by atoms with E-state index in [1.807, 2.05) is 13.8 Å². The molecule has 2 aromatic heterocycles. The highest BCUT2D eigenvalue weighted by Crippen LogP contribution is 2.22. The molecule has 0 saturated carbocycles. The van der Waals surface area contributed by atoms with Gasteiger partial charge in [0.05, 0.1) is 16.2 Å². The van der Waals surface area contributed by atoms with E-state index >= 15 is 0 Å². The van der Waals surface area contributed by atoms with E-state index < -0.39 is 29.1 Å². The maximum Gasteiger partial charge on any atom is 0.338 e. The molecule has 1 amide bonds. The average Bonchev–Trinajstić information content (AvgIpc) is 3.05. The molecular formula is C19H19N7O5. The number of rotatable bonds is 6. The van der Waals surface area contributed by atoms with Gasteiger partial charge in [-0.15, -0.1) is 0 Å². The normalized spacial score (nSPS) is 10.5. The summed E-state index contributed by atoms with van der Waals surface area (Å²) in [6.07, 6.45) is 0. The number of nitrogen functional groups attached to an aromatic ring is 1. The van der Waals surface area contributed by atoms with E-state index in [-0.39, 0.29) is 17.2 Å². The van der Waals surface area contributed by atoms with Crippen molar-refractivity contribution in [1.82, 2.24) is 19.7 Å². The number of nitro benzene ring substituents is 1. The van der Waals surface area contributed by atoms with Gasteiger partial charge in [0.1, 0.15) is 11.5 Å². The van der Waals surface area contributed by atoms with Crippen LogP contribution in [0.4, 0.5) is 17.2 Å². The monoisotopic (exact) mass is 425 g/mol. The third-order valence-electron chi connectivity index (χ3n) is 4.06. The van der Waals surface area contributed by atoms with Gasteiger partial charge in [-0.05, 0) is 39.0 Å². The lowest BCUT2D eigenvalue weighted by atomic mass is 10.2. The first-order chi connectivity index (χ1) is 14.6. The molecule has 0 spiro atoms. The minimum absolute atomic E-state index is 0.0865. The molecule has 0 fully saturated rings. The lowest BCUT2D eigenvalue weighted by molar-refractivity contribution is -0.383. The Morgan fingerprint density at radius 2 is 1.81 bits per heavy atom. The lowest BCUT2D eigenvalue weighted by Crippen LogP contribution is -2.23. The number of hydrogen-bond donors (Lipinski definition) is 2. The molecular weight excluding hydrogens is 406 g/mol. The number of ether oxygens (including phenoxy) is 1. The molecule has 3 aromatic rings. The average molecular weight is 425 g/mol. The maximum absolute atomic E-state index is 12.3. The summed E-state index contributed by atoms with van der Waals surface area (Å²) in [4.78, 5) is 43.3. The molecule has 12 heteroatoms. The summed E-state index contributed by atoms with van der Waals surface area (Å²) >= 11 is 0. The summed E-state index contributed by atoms with van der Waals surface area (Å²) in [7, 11) is 0. The van der Waals surface area contributed by atoms with E-state index in [4.69, 9.17) is 10.5 Å².